The summed E-state index contributed by atoms with van der Waals surface area (Å²) < 4.78 is 13.7. The number of benzene rings is 2. The SMILES string of the molecule is Cc1ccccc1CCNCc1cc(C(N)=O)ccc1F. The van der Waals surface area contributed by atoms with Crippen LogP contribution in [0.2, 0.25) is 0 Å². The van der Waals surface area contributed by atoms with Gasteiger partial charge < -0.3 is 11.1 Å². The smallest absolute Gasteiger partial charge is 0.248 e. The van der Waals surface area contributed by atoms with E-state index in [4.69, 9.17) is 5.73 Å². The molecular weight excluding hydrogens is 267 g/mol. The molecular formula is C17H19FN2O. The average Bonchev–Trinajstić information content (AvgIpc) is 2.46. The highest BCUT2D eigenvalue weighted by molar-refractivity contribution is 5.92. The number of hydrogen-bond donors (Lipinski definition) is 2. The molecule has 0 unspecified atom stereocenters. The van der Waals surface area contributed by atoms with Crippen LogP contribution in [0.25, 0.3) is 0 Å². The fourth-order valence-electron chi connectivity index (χ4n) is 2.20. The fraction of sp³-hybridized carbons (Fsp3) is 0.235. The van der Waals surface area contributed by atoms with Gasteiger partial charge >= 0.3 is 0 Å². The van der Waals surface area contributed by atoms with Gasteiger partial charge in [-0.2, -0.15) is 0 Å². The maximum Gasteiger partial charge on any atom is 0.248 e. The van der Waals surface area contributed by atoms with Crippen LogP contribution in [0.1, 0.15) is 27.0 Å². The molecule has 3 nitrogen and oxygen atoms in total. The number of carbonyl (C=O) groups is 1. The lowest BCUT2D eigenvalue weighted by Crippen LogP contribution is -2.19. The van der Waals surface area contributed by atoms with Crippen LogP contribution in [0.5, 0.6) is 0 Å². The molecule has 2 rings (SSSR count). The summed E-state index contributed by atoms with van der Waals surface area (Å²) in [6.45, 7) is 3.19. The van der Waals surface area contributed by atoms with Crippen molar-refractivity contribution >= 4 is 5.91 Å². The molecule has 0 saturated carbocycles. The number of amides is 1. The van der Waals surface area contributed by atoms with Crippen molar-refractivity contribution in [2.24, 2.45) is 5.73 Å². The van der Waals surface area contributed by atoms with E-state index in [2.05, 4.69) is 24.4 Å². The van der Waals surface area contributed by atoms with Crippen LogP contribution in [0.4, 0.5) is 4.39 Å². The Balaban J connectivity index is 1.90. The van der Waals surface area contributed by atoms with Crippen LogP contribution < -0.4 is 11.1 Å². The van der Waals surface area contributed by atoms with Gasteiger partial charge in [0.2, 0.25) is 5.91 Å². The topological polar surface area (TPSA) is 55.1 Å². The Morgan fingerprint density at radius 2 is 1.95 bits per heavy atom. The maximum absolute atomic E-state index is 13.7. The number of halogens is 1. The summed E-state index contributed by atoms with van der Waals surface area (Å²) in [4.78, 5) is 11.1. The van der Waals surface area contributed by atoms with Gasteiger partial charge in [-0.1, -0.05) is 24.3 Å². The van der Waals surface area contributed by atoms with E-state index in [9.17, 15) is 9.18 Å². The highest BCUT2D eigenvalue weighted by Gasteiger charge is 2.06. The Morgan fingerprint density at radius 3 is 2.67 bits per heavy atom. The molecule has 2 aromatic carbocycles. The summed E-state index contributed by atoms with van der Waals surface area (Å²) in [6.07, 6.45) is 0.879. The van der Waals surface area contributed by atoms with Gasteiger partial charge in [0, 0.05) is 17.7 Å². The van der Waals surface area contributed by atoms with E-state index < -0.39 is 5.91 Å². The molecule has 0 atom stereocenters. The molecule has 110 valence electrons. The predicted molar refractivity (Wildman–Crippen MR) is 81.5 cm³/mol. The van der Waals surface area contributed by atoms with E-state index in [1.165, 1.54) is 29.3 Å². The summed E-state index contributed by atoms with van der Waals surface area (Å²) in [5.41, 5.74) is 8.50. The van der Waals surface area contributed by atoms with Crippen molar-refractivity contribution < 1.29 is 9.18 Å². The number of rotatable bonds is 6. The van der Waals surface area contributed by atoms with E-state index in [1.54, 1.807) is 0 Å². The molecule has 0 bridgehead atoms. The van der Waals surface area contributed by atoms with Crippen molar-refractivity contribution in [1.82, 2.24) is 5.32 Å². The second-order valence-corrected chi connectivity index (χ2v) is 5.02. The van der Waals surface area contributed by atoms with Crippen molar-refractivity contribution in [3.05, 3.63) is 70.5 Å². The summed E-state index contributed by atoms with van der Waals surface area (Å²) in [5, 5.41) is 3.19. The minimum absolute atomic E-state index is 0.326. The molecule has 3 N–H and O–H groups in total. The van der Waals surface area contributed by atoms with Crippen LogP contribution in [0.15, 0.2) is 42.5 Å². The average molecular weight is 286 g/mol. The normalized spacial score (nSPS) is 10.6. The van der Waals surface area contributed by atoms with Crippen LogP contribution in [0.3, 0.4) is 0 Å². The molecule has 2 aromatic rings. The van der Waals surface area contributed by atoms with Gasteiger partial charge in [-0.3, -0.25) is 4.79 Å². The molecule has 1 amide bonds. The number of aryl methyl sites for hydroxylation is 1. The summed E-state index contributed by atoms with van der Waals surface area (Å²) in [6, 6.07) is 12.4. The summed E-state index contributed by atoms with van der Waals surface area (Å²) in [5.74, 6) is -0.875. The van der Waals surface area contributed by atoms with Gasteiger partial charge in [-0.25, -0.2) is 4.39 Å². The van der Waals surface area contributed by atoms with Crippen molar-refractivity contribution in [2.75, 3.05) is 6.54 Å². The minimum atomic E-state index is -0.545. The van der Waals surface area contributed by atoms with Crippen LogP contribution >= 0.6 is 0 Å². The summed E-state index contributed by atoms with van der Waals surface area (Å²) in [7, 11) is 0. The van der Waals surface area contributed by atoms with E-state index in [0.717, 1.165) is 13.0 Å². The van der Waals surface area contributed by atoms with Crippen molar-refractivity contribution in [3.63, 3.8) is 0 Å². The lowest BCUT2D eigenvalue weighted by Gasteiger charge is -2.09. The molecule has 0 aliphatic carbocycles. The zero-order valence-electron chi connectivity index (χ0n) is 12.0. The first-order valence-electron chi connectivity index (χ1n) is 6.91. The molecule has 0 heterocycles. The Kier molecular flexibility index (Phi) is 5.06. The molecule has 0 spiro atoms. The summed E-state index contributed by atoms with van der Waals surface area (Å²) >= 11 is 0. The second kappa shape index (κ2) is 6.99. The van der Waals surface area contributed by atoms with E-state index in [-0.39, 0.29) is 5.82 Å². The van der Waals surface area contributed by atoms with Crippen LogP contribution in [0, 0.1) is 12.7 Å². The molecule has 21 heavy (non-hydrogen) atoms. The molecule has 0 radical (unpaired) electrons. The highest BCUT2D eigenvalue weighted by atomic mass is 19.1. The Hall–Kier alpha value is -2.20. The van der Waals surface area contributed by atoms with E-state index in [0.29, 0.717) is 17.7 Å². The number of primary amides is 1. The van der Waals surface area contributed by atoms with Crippen molar-refractivity contribution in [3.8, 4) is 0 Å². The third-order valence-electron chi connectivity index (χ3n) is 3.48. The van der Waals surface area contributed by atoms with Crippen LogP contribution in [-0.4, -0.2) is 12.5 Å². The van der Waals surface area contributed by atoms with Crippen molar-refractivity contribution in [1.29, 1.82) is 0 Å². The molecule has 0 aliphatic rings. The minimum Gasteiger partial charge on any atom is -0.366 e. The van der Waals surface area contributed by atoms with Gasteiger partial charge in [0.15, 0.2) is 0 Å². The fourth-order valence-corrected chi connectivity index (χ4v) is 2.20. The maximum atomic E-state index is 13.7. The first-order chi connectivity index (χ1) is 10.1. The Labute approximate surface area is 124 Å². The van der Waals surface area contributed by atoms with Gasteiger partial charge in [-0.05, 0) is 49.2 Å². The Bertz CT molecular complexity index is 640. The first kappa shape index (κ1) is 15.2. The standard InChI is InChI=1S/C17H19FN2O/c1-12-4-2-3-5-13(12)8-9-20-11-15-10-14(17(19)21)6-7-16(15)18/h2-7,10,20H,8-9,11H2,1H3,(H2,19,21). The van der Waals surface area contributed by atoms with Crippen molar-refractivity contribution in [2.45, 2.75) is 19.9 Å². The third kappa shape index (κ3) is 4.13. The second-order valence-electron chi connectivity index (χ2n) is 5.02. The number of carbonyl (C=O) groups excluding carboxylic acids is 1. The zero-order valence-corrected chi connectivity index (χ0v) is 12.0. The lowest BCUT2D eigenvalue weighted by atomic mass is 10.1. The third-order valence-corrected chi connectivity index (χ3v) is 3.48. The largest absolute Gasteiger partial charge is 0.366 e. The quantitative estimate of drug-likeness (QED) is 0.802. The van der Waals surface area contributed by atoms with E-state index in [1.807, 2.05) is 12.1 Å². The van der Waals surface area contributed by atoms with Gasteiger partial charge in [0.1, 0.15) is 5.82 Å². The van der Waals surface area contributed by atoms with E-state index >= 15 is 0 Å². The predicted octanol–water partition coefficient (Wildman–Crippen LogP) is 2.57. The van der Waals surface area contributed by atoms with Gasteiger partial charge in [-0.15, -0.1) is 0 Å². The molecule has 0 saturated heterocycles. The molecule has 4 heteroatoms. The molecule has 0 aromatic heterocycles. The Morgan fingerprint density at radius 1 is 1.19 bits per heavy atom. The van der Waals surface area contributed by atoms with Crippen LogP contribution in [-0.2, 0) is 13.0 Å². The number of hydrogen-bond acceptors (Lipinski definition) is 2. The number of nitrogens with one attached hydrogen (secondary N) is 1. The monoisotopic (exact) mass is 286 g/mol. The highest BCUT2D eigenvalue weighted by Crippen LogP contribution is 2.11. The molecule has 0 aliphatic heterocycles. The van der Waals surface area contributed by atoms with Gasteiger partial charge in [0.25, 0.3) is 0 Å². The van der Waals surface area contributed by atoms with Gasteiger partial charge in [0.05, 0.1) is 0 Å². The zero-order chi connectivity index (χ0) is 15.2. The first-order valence-corrected chi connectivity index (χ1v) is 6.91. The molecule has 0 fully saturated rings. The number of nitrogens with two attached hydrogens (primary N) is 1. The lowest BCUT2D eigenvalue weighted by molar-refractivity contribution is 0.1000.